The van der Waals surface area contributed by atoms with E-state index in [1.54, 1.807) is 30.3 Å². The number of anilines is 2. The zero-order valence-corrected chi connectivity index (χ0v) is 12.7. The molecule has 0 aliphatic heterocycles. The van der Waals surface area contributed by atoms with Gasteiger partial charge >= 0.3 is 5.00 Å². The average Bonchev–Trinajstić information content (AvgIpc) is 2.85. The molecule has 0 amide bonds. The molecule has 0 bridgehead atoms. The number of rotatable bonds is 6. The smallest absolute Gasteiger partial charge is 0.324 e. The van der Waals surface area contributed by atoms with Crippen LogP contribution in [0.1, 0.15) is 4.88 Å². The average molecular weight is 327 g/mol. The van der Waals surface area contributed by atoms with E-state index in [0.717, 1.165) is 22.5 Å². The number of nitrogens with one attached hydrogen (secondary N) is 2. The number of benzene rings is 1. The molecule has 0 radical (unpaired) electrons. The summed E-state index contributed by atoms with van der Waals surface area (Å²) in [5.74, 6) is 0. The van der Waals surface area contributed by atoms with Crippen LogP contribution >= 0.6 is 11.3 Å². The Morgan fingerprint density at radius 1 is 1.19 bits per heavy atom. The van der Waals surface area contributed by atoms with Gasteiger partial charge in [0.25, 0.3) is 0 Å². The first-order valence-electron chi connectivity index (χ1n) is 5.89. The van der Waals surface area contributed by atoms with E-state index in [1.807, 2.05) is 0 Å². The highest BCUT2D eigenvalue weighted by atomic mass is 32.2. The number of para-hydroxylation sites is 2. The normalized spacial score (nSPS) is 11.1. The predicted molar refractivity (Wildman–Crippen MR) is 83.2 cm³/mol. The second kappa shape index (κ2) is 6.10. The van der Waals surface area contributed by atoms with Crippen molar-refractivity contribution in [1.82, 2.24) is 0 Å². The zero-order chi connectivity index (χ0) is 15.5. The molecule has 0 spiro atoms. The molecule has 7 nitrogen and oxygen atoms in total. The summed E-state index contributed by atoms with van der Waals surface area (Å²) in [5.41, 5.74) is 1.05. The summed E-state index contributed by atoms with van der Waals surface area (Å²) in [7, 11) is -3.37. The molecular formula is C12H13N3O4S2. The quantitative estimate of drug-likeness (QED) is 0.627. The SMILES string of the molecule is CS(=O)(=O)Nc1ccccc1NCc1ccc([N+](=O)[O-])s1. The fourth-order valence-corrected chi connectivity index (χ4v) is 3.01. The Labute approximate surface area is 125 Å². The minimum absolute atomic E-state index is 0.0781. The first-order chi connectivity index (χ1) is 9.85. The minimum atomic E-state index is -3.37. The highest BCUT2D eigenvalue weighted by Crippen LogP contribution is 2.27. The van der Waals surface area contributed by atoms with E-state index in [-0.39, 0.29) is 5.00 Å². The van der Waals surface area contributed by atoms with Crippen molar-refractivity contribution in [1.29, 1.82) is 0 Å². The van der Waals surface area contributed by atoms with Gasteiger partial charge in [0.15, 0.2) is 0 Å². The van der Waals surface area contributed by atoms with E-state index < -0.39 is 14.9 Å². The maximum absolute atomic E-state index is 11.3. The van der Waals surface area contributed by atoms with Crippen molar-refractivity contribution < 1.29 is 13.3 Å². The molecule has 0 unspecified atom stereocenters. The summed E-state index contributed by atoms with van der Waals surface area (Å²) in [6.07, 6.45) is 1.08. The van der Waals surface area contributed by atoms with Gasteiger partial charge < -0.3 is 5.32 Å². The zero-order valence-electron chi connectivity index (χ0n) is 11.1. The van der Waals surface area contributed by atoms with Crippen molar-refractivity contribution in [2.75, 3.05) is 16.3 Å². The number of sulfonamides is 1. The number of hydrogen-bond acceptors (Lipinski definition) is 6. The van der Waals surface area contributed by atoms with Crippen LogP contribution in [0.4, 0.5) is 16.4 Å². The van der Waals surface area contributed by atoms with Crippen LogP contribution < -0.4 is 10.0 Å². The Morgan fingerprint density at radius 3 is 2.43 bits per heavy atom. The van der Waals surface area contributed by atoms with Crippen LogP contribution in [-0.2, 0) is 16.6 Å². The molecular weight excluding hydrogens is 314 g/mol. The lowest BCUT2D eigenvalue weighted by molar-refractivity contribution is -0.380. The Kier molecular flexibility index (Phi) is 4.43. The van der Waals surface area contributed by atoms with Gasteiger partial charge in [-0.1, -0.05) is 23.5 Å². The van der Waals surface area contributed by atoms with E-state index in [1.165, 1.54) is 6.07 Å². The van der Waals surface area contributed by atoms with Crippen molar-refractivity contribution in [3.63, 3.8) is 0 Å². The van der Waals surface area contributed by atoms with Gasteiger partial charge in [0.2, 0.25) is 10.0 Å². The number of thiophene rings is 1. The molecule has 0 saturated heterocycles. The second-order valence-corrected chi connectivity index (χ2v) is 7.17. The Balaban J connectivity index is 2.10. The Bertz CT molecular complexity index is 755. The van der Waals surface area contributed by atoms with E-state index in [2.05, 4.69) is 10.0 Å². The standard InChI is InChI=1S/C12H13N3O4S2/c1-21(18,19)14-11-5-3-2-4-10(11)13-8-9-6-7-12(20-9)15(16)17/h2-7,13-14H,8H2,1H3. The summed E-state index contributed by atoms with van der Waals surface area (Å²) in [4.78, 5) is 11.0. The molecule has 0 aliphatic carbocycles. The number of nitro groups is 1. The van der Waals surface area contributed by atoms with E-state index in [4.69, 9.17) is 0 Å². The molecule has 2 aromatic rings. The number of nitrogens with zero attached hydrogens (tertiary/aromatic N) is 1. The first kappa shape index (κ1) is 15.3. The summed E-state index contributed by atoms with van der Waals surface area (Å²) >= 11 is 1.08. The second-order valence-electron chi connectivity index (χ2n) is 4.27. The van der Waals surface area contributed by atoms with E-state index in [0.29, 0.717) is 17.9 Å². The Hall–Kier alpha value is -2.13. The Morgan fingerprint density at radius 2 is 1.86 bits per heavy atom. The van der Waals surface area contributed by atoms with Gasteiger partial charge in [0.1, 0.15) is 0 Å². The molecule has 0 aliphatic rings. The molecule has 2 N–H and O–H groups in total. The molecule has 2 rings (SSSR count). The molecule has 0 atom stereocenters. The summed E-state index contributed by atoms with van der Waals surface area (Å²) in [6, 6.07) is 9.97. The maximum Gasteiger partial charge on any atom is 0.324 e. The lowest BCUT2D eigenvalue weighted by Gasteiger charge is -2.11. The molecule has 112 valence electrons. The highest BCUT2D eigenvalue weighted by molar-refractivity contribution is 7.92. The van der Waals surface area contributed by atoms with Crippen molar-refractivity contribution in [3.8, 4) is 0 Å². The van der Waals surface area contributed by atoms with Crippen LogP contribution in [0.5, 0.6) is 0 Å². The van der Waals surface area contributed by atoms with Crippen molar-refractivity contribution >= 4 is 37.7 Å². The maximum atomic E-state index is 11.3. The largest absolute Gasteiger partial charge is 0.378 e. The van der Waals surface area contributed by atoms with Crippen LogP contribution in [0.15, 0.2) is 36.4 Å². The fraction of sp³-hybridized carbons (Fsp3) is 0.167. The van der Waals surface area contributed by atoms with Gasteiger partial charge in [-0.05, 0) is 18.2 Å². The monoisotopic (exact) mass is 327 g/mol. The van der Waals surface area contributed by atoms with Crippen molar-refractivity contribution in [2.45, 2.75) is 6.54 Å². The minimum Gasteiger partial charge on any atom is -0.378 e. The van der Waals surface area contributed by atoms with Gasteiger partial charge in [-0.3, -0.25) is 14.8 Å². The van der Waals surface area contributed by atoms with Crippen molar-refractivity contribution in [2.24, 2.45) is 0 Å². The lowest BCUT2D eigenvalue weighted by Crippen LogP contribution is -2.11. The van der Waals surface area contributed by atoms with Gasteiger partial charge in [-0.25, -0.2) is 8.42 Å². The van der Waals surface area contributed by atoms with Gasteiger partial charge in [-0.15, -0.1) is 0 Å². The van der Waals surface area contributed by atoms with Crippen LogP contribution in [0.2, 0.25) is 0 Å². The van der Waals surface area contributed by atoms with E-state index >= 15 is 0 Å². The third-order valence-electron chi connectivity index (χ3n) is 2.50. The van der Waals surface area contributed by atoms with Crippen molar-refractivity contribution in [3.05, 3.63) is 51.4 Å². The molecule has 1 aromatic heterocycles. The first-order valence-corrected chi connectivity index (χ1v) is 8.60. The molecule has 0 saturated carbocycles. The molecule has 9 heteroatoms. The van der Waals surface area contributed by atoms with E-state index in [9.17, 15) is 18.5 Å². The molecule has 21 heavy (non-hydrogen) atoms. The lowest BCUT2D eigenvalue weighted by atomic mass is 10.2. The van der Waals surface area contributed by atoms with Crippen LogP contribution in [-0.4, -0.2) is 19.6 Å². The van der Waals surface area contributed by atoms with Gasteiger partial charge in [0, 0.05) is 17.5 Å². The summed E-state index contributed by atoms with van der Waals surface area (Å²) in [6.45, 7) is 0.376. The predicted octanol–water partition coefficient (Wildman–Crippen LogP) is 2.64. The molecule has 1 aromatic carbocycles. The molecule has 0 fully saturated rings. The van der Waals surface area contributed by atoms with Crippen LogP contribution in [0.3, 0.4) is 0 Å². The van der Waals surface area contributed by atoms with Gasteiger partial charge in [-0.2, -0.15) is 0 Å². The highest BCUT2D eigenvalue weighted by Gasteiger charge is 2.11. The molecule has 1 heterocycles. The summed E-state index contributed by atoms with van der Waals surface area (Å²) < 4.78 is 25.0. The summed E-state index contributed by atoms with van der Waals surface area (Å²) in [5, 5.41) is 13.8. The van der Waals surface area contributed by atoms with Crippen LogP contribution in [0.25, 0.3) is 0 Å². The van der Waals surface area contributed by atoms with Gasteiger partial charge in [0.05, 0.1) is 22.6 Å². The third kappa shape index (κ3) is 4.43. The topological polar surface area (TPSA) is 101 Å². The third-order valence-corrected chi connectivity index (χ3v) is 4.13. The number of hydrogen-bond donors (Lipinski definition) is 2. The van der Waals surface area contributed by atoms with Crippen LogP contribution in [0, 0.1) is 10.1 Å². The fourth-order valence-electron chi connectivity index (χ4n) is 1.67.